The molecule has 0 saturated carbocycles. The summed E-state index contributed by atoms with van der Waals surface area (Å²) in [6, 6.07) is 7.29. The van der Waals surface area contributed by atoms with Gasteiger partial charge in [-0.15, -0.1) is 0 Å². The summed E-state index contributed by atoms with van der Waals surface area (Å²) in [5, 5.41) is 3.08. The van der Waals surface area contributed by atoms with Crippen LogP contribution in [0.4, 0.5) is 0 Å². The van der Waals surface area contributed by atoms with Crippen molar-refractivity contribution in [1.82, 2.24) is 5.32 Å². The summed E-state index contributed by atoms with van der Waals surface area (Å²) < 4.78 is 29.6. The number of benzene rings is 1. The van der Waals surface area contributed by atoms with E-state index in [1.807, 2.05) is 24.3 Å². The molecule has 0 aromatic heterocycles. The zero-order valence-electron chi connectivity index (χ0n) is 12.6. The molecule has 5 heteroatoms. The Bertz CT molecular complexity index is 500. The van der Waals surface area contributed by atoms with E-state index in [0.717, 1.165) is 30.6 Å². The molecule has 0 fully saturated rings. The average Bonchev–Trinajstić information content (AvgIpc) is 2.45. The van der Waals surface area contributed by atoms with E-state index in [4.69, 9.17) is 4.74 Å². The summed E-state index contributed by atoms with van der Waals surface area (Å²) >= 11 is 0. The number of hydrogen-bond acceptors (Lipinski definition) is 4. The van der Waals surface area contributed by atoms with Crippen LogP contribution in [-0.4, -0.2) is 34.1 Å². The van der Waals surface area contributed by atoms with E-state index < -0.39 is 9.84 Å². The molecular formula is C15H25NO3S. The number of methoxy groups -OCH3 is 1. The molecule has 0 heterocycles. The lowest BCUT2D eigenvalue weighted by Gasteiger charge is -2.19. The first-order valence-corrected chi connectivity index (χ1v) is 8.86. The van der Waals surface area contributed by atoms with Gasteiger partial charge < -0.3 is 10.1 Å². The van der Waals surface area contributed by atoms with E-state index in [9.17, 15) is 8.42 Å². The number of ether oxygens (including phenoxy) is 1. The minimum atomic E-state index is -3.06. The topological polar surface area (TPSA) is 55.4 Å². The first-order chi connectivity index (χ1) is 9.54. The van der Waals surface area contributed by atoms with E-state index in [2.05, 4.69) is 12.2 Å². The Labute approximate surface area is 122 Å². The minimum absolute atomic E-state index is 0.105. The lowest BCUT2D eigenvalue weighted by molar-refractivity contribution is 0.404. The molecule has 1 aromatic carbocycles. The smallest absolute Gasteiger partial charge is 0.152 e. The largest absolute Gasteiger partial charge is 0.496 e. The first-order valence-electron chi connectivity index (χ1n) is 7.04. The van der Waals surface area contributed by atoms with E-state index in [-0.39, 0.29) is 17.5 Å². The number of hydrogen-bond donors (Lipinski definition) is 1. The zero-order valence-corrected chi connectivity index (χ0v) is 13.4. The summed E-state index contributed by atoms with van der Waals surface area (Å²) in [6.07, 6.45) is 2.72. The highest BCUT2D eigenvalue weighted by molar-refractivity contribution is 7.91. The maximum Gasteiger partial charge on any atom is 0.152 e. The first kappa shape index (κ1) is 17.0. The van der Waals surface area contributed by atoms with Crippen molar-refractivity contribution < 1.29 is 13.2 Å². The van der Waals surface area contributed by atoms with Gasteiger partial charge in [0.15, 0.2) is 9.84 Å². The van der Waals surface area contributed by atoms with E-state index in [1.54, 1.807) is 14.2 Å². The zero-order chi connectivity index (χ0) is 15.0. The van der Waals surface area contributed by atoms with Crippen molar-refractivity contribution in [2.75, 3.05) is 25.7 Å². The molecule has 1 rings (SSSR count). The van der Waals surface area contributed by atoms with Gasteiger partial charge in [0.1, 0.15) is 5.75 Å². The van der Waals surface area contributed by atoms with Gasteiger partial charge in [-0.1, -0.05) is 38.0 Å². The quantitative estimate of drug-likeness (QED) is 0.712. The van der Waals surface area contributed by atoms with E-state index in [1.165, 1.54) is 0 Å². The fourth-order valence-electron chi connectivity index (χ4n) is 2.19. The summed E-state index contributed by atoms with van der Waals surface area (Å²) in [5.41, 5.74) is 0.886. The summed E-state index contributed by atoms with van der Waals surface area (Å²) in [4.78, 5) is 0. The van der Waals surface area contributed by atoms with Crippen molar-refractivity contribution in [2.45, 2.75) is 32.2 Å². The van der Waals surface area contributed by atoms with Gasteiger partial charge in [0.25, 0.3) is 0 Å². The standard InChI is InChI=1S/C15H25NO3S/c1-4-5-8-11-20(17,18)12-14(16-2)13-9-6-7-10-15(13)19-3/h6-7,9-10,14,16H,4-5,8,11-12H2,1-3H3. The van der Waals surface area contributed by atoms with Crippen LogP contribution in [-0.2, 0) is 9.84 Å². The summed E-state index contributed by atoms with van der Waals surface area (Å²) in [5.74, 6) is 1.08. The molecule has 0 radical (unpaired) electrons. The minimum Gasteiger partial charge on any atom is -0.496 e. The van der Waals surface area contributed by atoms with Crippen LogP contribution in [0, 0.1) is 0 Å². The van der Waals surface area contributed by atoms with Crippen molar-refractivity contribution in [3.05, 3.63) is 29.8 Å². The molecule has 0 aliphatic heterocycles. The molecule has 0 saturated heterocycles. The van der Waals surface area contributed by atoms with E-state index in [0.29, 0.717) is 0 Å². The van der Waals surface area contributed by atoms with Crippen LogP contribution in [0.25, 0.3) is 0 Å². The molecule has 0 spiro atoms. The van der Waals surface area contributed by atoms with Gasteiger partial charge in [0, 0.05) is 11.6 Å². The second kappa shape index (κ2) is 8.27. The maximum absolute atomic E-state index is 12.2. The monoisotopic (exact) mass is 299 g/mol. The molecule has 4 nitrogen and oxygen atoms in total. The van der Waals surface area contributed by atoms with Gasteiger partial charge in [0.2, 0.25) is 0 Å². The molecule has 114 valence electrons. The normalized spacial score (nSPS) is 13.2. The van der Waals surface area contributed by atoms with Crippen molar-refractivity contribution in [2.24, 2.45) is 0 Å². The van der Waals surface area contributed by atoms with Crippen LogP contribution in [0.2, 0.25) is 0 Å². The predicted octanol–water partition coefficient (Wildman–Crippen LogP) is 2.56. The fourth-order valence-corrected chi connectivity index (χ4v) is 3.86. The Morgan fingerprint density at radius 3 is 2.55 bits per heavy atom. The van der Waals surface area contributed by atoms with Gasteiger partial charge in [-0.3, -0.25) is 0 Å². The molecule has 0 aliphatic rings. The van der Waals surface area contributed by atoms with E-state index >= 15 is 0 Å². The average molecular weight is 299 g/mol. The van der Waals surface area contributed by atoms with Gasteiger partial charge in [-0.2, -0.15) is 0 Å². The Balaban J connectivity index is 2.81. The number of nitrogens with one attached hydrogen (secondary N) is 1. The maximum atomic E-state index is 12.2. The fraction of sp³-hybridized carbons (Fsp3) is 0.600. The lowest BCUT2D eigenvalue weighted by atomic mass is 10.1. The number of unbranched alkanes of at least 4 members (excludes halogenated alkanes) is 2. The highest BCUT2D eigenvalue weighted by Crippen LogP contribution is 2.25. The van der Waals surface area contributed by atoms with Crippen LogP contribution in [0.3, 0.4) is 0 Å². The number of sulfone groups is 1. The molecule has 1 unspecified atom stereocenters. The van der Waals surface area contributed by atoms with Gasteiger partial charge in [-0.05, 0) is 19.5 Å². The second-order valence-corrected chi connectivity index (χ2v) is 7.13. The SMILES string of the molecule is CCCCCS(=O)(=O)CC(NC)c1ccccc1OC. The molecule has 0 bridgehead atoms. The van der Waals surface area contributed by atoms with Crippen molar-refractivity contribution in [3.63, 3.8) is 0 Å². The highest BCUT2D eigenvalue weighted by atomic mass is 32.2. The molecule has 20 heavy (non-hydrogen) atoms. The van der Waals surface area contributed by atoms with Crippen LogP contribution in [0.15, 0.2) is 24.3 Å². The molecule has 1 N–H and O–H groups in total. The van der Waals surface area contributed by atoms with Crippen molar-refractivity contribution in [1.29, 1.82) is 0 Å². The summed E-state index contributed by atoms with van der Waals surface area (Å²) in [7, 11) is 0.319. The van der Waals surface area contributed by atoms with Gasteiger partial charge in [0.05, 0.1) is 18.6 Å². The molecule has 0 aliphatic carbocycles. The second-order valence-electron chi connectivity index (χ2n) is 4.90. The third kappa shape index (κ3) is 5.13. The number of para-hydroxylation sites is 1. The van der Waals surface area contributed by atoms with Crippen LogP contribution in [0.1, 0.15) is 37.8 Å². The van der Waals surface area contributed by atoms with Crippen molar-refractivity contribution >= 4 is 9.84 Å². The molecular weight excluding hydrogens is 274 g/mol. The van der Waals surface area contributed by atoms with Gasteiger partial charge in [-0.25, -0.2) is 8.42 Å². The third-order valence-electron chi connectivity index (χ3n) is 3.34. The Morgan fingerprint density at radius 1 is 1.25 bits per heavy atom. The lowest BCUT2D eigenvalue weighted by Crippen LogP contribution is -2.27. The van der Waals surface area contributed by atoms with Crippen LogP contribution >= 0.6 is 0 Å². The molecule has 0 amide bonds. The molecule has 1 atom stereocenters. The van der Waals surface area contributed by atoms with Gasteiger partial charge >= 0.3 is 0 Å². The van der Waals surface area contributed by atoms with Crippen LogP contribution in [0.5, 0.6) is 5.75 Å². The van der Waals surface area contributed by atoms with Crippen LogP contribution < -0.4 is 10.1 Å². The van der Waals surface area contributed by atoms with Crippen molar-refractivity contribution in [3.8, 4) is 5.75 Å². The third-order valence-corrected chi connectivity index (χ3v) is 5.09. The predicted molar refractivity (Wildman–Crippen MR) is 83.0 cm³/mol. The Hall–Kier alpha value is -1.07. The highest BCUT2D eigenvalue weighted by Gasteiger charge is 2.21. The number of rotatable bonds is 9. The summed E-state index contributed by atoms with van der Waals surface area (Å²) in [6.45, 7) is 2.07. The molecule has 1 aromatic rings. The Kier molecular flexibility index (Phi) is 7.02. The Morgan fingerprint density at radius 2 is 1.95 bits per heavy atom.